The van der Waals surface area contributed by atoms with E-state index in [0.29, 0.717) is 12.1 Å². The van der Waals surface area contributed by atoms with Crippen LogP contribution in [0.1, 0.15) is 39.0 Å². The van der Waals surface area contributed by atoms with Crippen molar-refractivity contribution in [2.45, 2.75) is 51.1 Å². The zero-order chi connectivity index (χ0) is 10.9. The molecule has 1 N–H and O–H groups in total. The Bertz CT molecular complexity index is 147. The molecule has 0 saturated carbocycles. The molecule has 1 saturated heterocycles. The minimum atomic E-state index is 0.502. The normalized spacial score (nSPS) is 24.0. The van der Waals surface area contributed by atoms with Gasteiger partial charge < -0.3 is 14.8 Å². The van der Waals surface area contributed by atoms with Gasteiger partial charge in [-0.3, -0.25) is 0 Å². The molecule has 1 rings (SSSR count). The van der Waals surface area contributed by atoms with Gasteiger partial charge in [0.05, 0.1) is 13.2 Å². The zero-order valence-electron chi connectivity index (χ0n) is 10.1. The third-order valence-corrected chi connectivity index (χ3v) is 2.91. The minimum absolute atomic E-state index is 0.502. The Morgan fingerprint density at radius 2 is 2.40 bits per heavy atom. The monoisotopic (exact) mass is 215 g/mol. The number of ether oxygens (including phenoxy) is 2. The van der Waals surface area contributed by atoms with Crippen LogP contribution in [0.5, 0.6) is 0 Å². The van der Waals surface area contributed by atoms with E-state index in [-0.39, 0.29) is 0 Å². The molecule has 1 aliphatic rings. The van der Waals surface area contributed by atoms with Crippen molar-refractivity contribution in [1.29, 1.82) is 0 Å². The van der Waals surface area contributed by atoms with Gasteiger partial charge >= 0.3 is 0 Å². The van der Waals surface area contributed by atoms with Crippen molar-refractivity contribution in [3.05, 3.63) is 0 Å². The average Bonchev–Trinajstić information content (AvgIpc) is 2.28. The number of rotatable bonds is 7. The quantitative estimate of drug-likeness (QED) is 0.704. The molecule has 1 fully saturated rings. The highest BCUT2D eigenvalue weighted by atomic mass is 16.5. The van der Waals surface area contributed by atoms with E-state index in [2.05, 4.69) is 12.2 Å². The van der Waals surface area contributed by atoms with E-state index in [0.717, 1.165) is 19.8 Å². The maximum atomic E-state index is 5.46. The second-order valence-electron chi connectivity index (χ2n) is 4.38. The average molecular weight is 215 g/mol. The molecule has 0 aromatic rings. The van der Waals surface area contributed by atoms with Crippen LogP contribution in [0.3, 0.4) is 0 Å². The van der Waals surface area contributed by atoms with Gasteiger partial charge in [0.2, 0.25) is 0 Å². The maximum absolute atomic E-state index is 5.46. The number of nitrogens with one attached hydrogen (secondary N) is 1. The van der Waals surface area contributed by atoms with E-state index >= 15 is 0 Å². The topological polar surface area (TPSA) is 30.5 Å². The summed E-state index contributed by atoms with van der Waals surface area (Å²) in [5, 5.41) is 3.64. The Hall–Kier alpha value is -0.120. The first-order valence-electron chi connectivity index (χ1n) is 6.19. The number of hydrogen-bond acceptors (Lipinski definition) is 3. The van der Waals surface area contributed by atoms with Gasteiger partial charge in [-0.25, -0.2) is 0 Å². The molecule has 1 heterocycles. The van der Waals surface area contributed by atoms with Gasteiger partial charge in [-0.2, -0.15) is 0 Å². The Morgan fingerprint density at radius 3 is 3.00 bits per heavy atom. The SMILES string of the molecule is CCCCC(COC)NC1CCCOC1. The predicted molar refractivity (Wildman–Crippen MR) is 62.2 cm³/mol. The van der Waals surface area contributed by atoms with E-state index in [1.54, 1.807) is 7.11 Å². The molecule has 3 heteroatoms. The molecule has 0 amide bonds. The molecule has 15 heavy (non-hydrogen) atoms. The van der Waals surface area contributed by atoms with Gasteiger partial charge in [-0.1, -0.05) is 19.8 Å². The van der Waals surface area contributed by atoms with E-state index in [9.17, 15) is 0 Å². The highest BCUT2D eigenvalue weighted by Gasteiger charge is 2.17. The van der Waals surface area contributed by atoms with E-state index in [1.807, 2.05) is 0 Å². The standard InChI is InChI=1S/C12H25NO2/c1-3-4-6-11(9-14-2)13-12-7-5-8-15-10-12/h11-13H,3-10H2,1-2H3. The van der Waals surface area contributed by atoms with Gasteiger partial charge in [-0.15, -0.1) is 0 Å². The number of unbranched alkanes of at least 4 members (excludes halogenated alkanes) is 1. The highest BCUT2D eigenvalue weighted by molar-refractivity contribution is 4.76. The van der Waals surface area contributed by atoms with E-state index < -0.39 is 0 Å². The fraction of sp³-hybridized carbons (Fsp3) is 1.00. The Kier molecular flexibility index (Phi) is 6.98. The molecule has 0 bridgehead atoms. The van der Waals surface area contributed by atoms with Crippen LogP contribution in [0.2, 0.25) is 0 Å². The van der Waals surface area contributed by atoms with Gasteiger partial charge in [-0.05, 0) is 19.3 Å². The third-order valence-electron chi connectivity index (χ3n) is 2.91. The molecule has 0 aliphatic carbocycles. The predicted octanol–water partition coefficient (Wildman–Crippen LogP) is 1.96. The Morgan fingerprint density at radius 1 is 1.53 bits per heavy atom. The van der Waals surface area contributed by atoms with Gasteiger partial charge in [0, 0.05) is 25.8 Å². The zero-order valence-corrected chi connectivity index (χ0v) is 10.1. The van der Waals surface area contributed by atoms with Crippen LogP contribution in [0.25, 0.3) is 0 Å². The number of hydrogen-bond donors (Lipinski definition) is 1. The summed E-state index contributed by atoms with van der Waals surface area (Å²) >= 11 is 0. The minimum Gasteiger partial charge on any atom is -0.383 e. The van der Waals surface area contributed by atoms with E-state index in [1.165, 1.54) is 32.1 Å². The highest BCUT2D eigenvalue weighted by Crippen LogP contribution is 2.09. The molecule has 3 nitrogen and oxygen atoms in total. The van der Waals surface area contributed by atoms with Crippen molar-refractivity contribution in [2.75, 3.05) is 26.9 Å². The second kappa shape index (κ2) is 8.08. The lowest BCUT2D eigenvalue weighted by Gasteiger charge is -2.28. The number of methoxy groups -OCH3 is 1. The molecular weight excluding hydrogens is 190 g/mol. The van der Waals surface area contributed by atoms with Crippen LogP contribution in [0.15, 0.2) is 0 Å². The molecule has 90 valence electrons. The largest absolute Gasteiger partial charge is 0.383 e. The van der Waals surface area contributed by atoms with Crippen LogP contribution < -0.4 is 5.32 Å². The van der Waals surface area contributed by atoms with Crippen LogP contribution >= 0.6 is 0 Å². The maximum Gasteiger partial charge on any atom is 0.0619 e. The Balaban J connectivity index is 2.21. The second-order valence-corrected chi connectivity index (χ2v) is 4.38. The van der Waals surface area contributed by atoms with Crippen molar-refractivity contribution in [3.63, 3.8) is 0 Å². The lowest BCUT2D eigenvalue weighted by atomic mass is 10.1. The summed E-state index contributed by atoms with van der Waals surface area (Å²) < 4.78 is 10.7. The first-order valence-corrected chi connectivity index (χ1v) is 6.19. The van der Waals surface area contributed by atoms with Crippen molar-refractivity contribution < 1.29 is 9.47 Å². The van der Waals surface area contributed by atoms with Crippen LogP contribution in [-0.4, -0.2) is 39.0 Å². The van der Waals surface area contributed by atoms with Crippen molar-refractivity contribution in [1.82, 2.24) is 5.32 Å². The Labute approximate surface area is 93.5 Å². The van der Waals surface area contributed by atoms with Crippen LogP contribution in [0, 0.1) is 0 Å². The lowest BCUT2D eigenvalue weighted by molar-refractivity contribution is 0.0583. The third kappa shape index (κ3) is 5.50. The molecule has 1 aliphatic heterocycles. The fourth-order valence-corrected chi connectivity index (χ4v) is 2.07. The van der Waals surface area contributed by atoms with Crippen LogP contribution in [-0.2, 0) is 9.47 Å². The van der Waals surface area contributed by atoms with Crippen LogP contribution in [0.4, 0.5) is 0 Å². The molecule has 0 aromatic carbocycles. The lowest BCUT2D eigenvalue weighted by Crippen LogP contribution is -2.45. The summed E-state index contributed by atoms with van der Waals surface area (Å²) in [6.45, 7) is 4.85. The van der Waals surface area contributed by atoms with Gasteiger partial charge in [0.15, 0.2) is 0 Å². The summed E-state index contributed by atoms with van der Waals surface area (Å²) in [6.07, 6.45) is 6.16. The van der Waals surface area contributed by atoms with Gasteiger partial charge in [0.25, 0.3) is 0 Å². The molecule has 0 spiro atoms. The fourth-order valence-electron chi connectivity index (χ4n) is 2.07. The molecule has 2 unspecified atom stereocenters. The van der Waals surface area contributed by atoms with E-state index in [4.69, 9.17) is 9.47 Å². The van der Waals surface area contributed by atoms with Crippen molar-refractivity contribution in [3.8, 4) is 0 Å². The van der Waals surface area contributed by atoms with Crippen molar-refractivity contribution >= 4 is 0 Å². The molecule has 0 aromatic heterocycles. The molecule has 0 radical (unpaired) electrons. The summed E-state index contributed by atoms with van der Waals surface area (Å²) in [5.41, 5.74) is 0. The summed E-state index contributed by atoms with van der Waals surface area (Å²) in [7, 11) is 1.78. The first kappa shape index (κ1) is 12.9. The molecular formula is C12H25NO2. The smallest absolute Gasteiger partial charge is 0.0619 e. The summed E-state index contributed by atoms with van der Waals surface area (Å²) in [5.74, 6) is 0. The first-order chi connectivity index (χ1) is 7.36. The summed E-state index contributed by atoms with van der Waals surface area (Å²) in [4.78, 5) is 0. The van der Waals surface area contributed by atoms with Gasteiger partial charge in [0.1, 0.15) is 0 Å². The van der Waals surface area contributed by atoms with Crippen molar-refractivity contribution in [2.24, 2.45) is 0 Å². The summed E-state index contributed by atoms with van der Waals surface area (Å²) in [6, 6.07) is 1.04. The molecule has 2 atom stereocenters.